The second-order valence-corrected chi connectivity index (χ2v) is 3.93. The zero-order chi connectivity index (χ0) is 10.4. The summed E-state index contributed by atoms with van der Waals surface area (Å²) >= 11 is 0. The molecule has 0 amide bonds. The van der Waals surface area contributed by atoms with Gasteiger partial charge in [0.15, 0.2) is 0 Å². The van der Waals surface area contributed by atoms with E-state index in [1.54, 1.807) is 0 Å². The minimum atomic E-state index is -0.0805. The van der Waals surface area contributed by atoms with E-state index in [1.165, 1.54) is 43.3 Å². The van der Waals surface area contributed by atoms with Crippen LogP contribution in [-0.4, -0.2) is 12.6 Å². The Hall–Kier alpha value is -0.790. The van der Waals surface area contributed by atoms with Gasteiger partial charge in [-0.05, 0) is 39.5 Å². The van der Waals surface area contributed by atoms with Crippen LogP contribution in [0.1, 0.15) is 52.4 Å². The smallest absolute Gasteiger partial charge is 0.309 e. The van der Waals surface area contributed by atoms with Crippen LogP contribution in [0.5, 0.6) is 0 Å². The van der Waals surface area contributed by atoms with Gasteiger partial charge in [0, 0.05) is 0 Å². The third kappa shape index (κ3) is 3.52. The molecule has 0 unspecified atom stereocenters. The number of hydrogen-bond acceptors (Lipinski definition) is 2. The molecule has 1 rings (SSSR count). The van der Waals surface area contributed by atoms with Gasteiger partial charge in [-0.3, -0.25) is 4.79 Å². The highest BCUT2D eigenvalue weighted by atomic mass is 16.5. The predicted molar refractivity (Wildman–Crippen MR) is 57.0 cm³/mol. The van der Waals surface area contributed by atoms with Crippen molar-refractivity contribution in [1.82, 2.24) is 0 Å². The van der Waals surface area contributed by atoms with E-state index in [1.807, 2.05) is 6.92 Å². The van der Waals surface area contributed by atoms with Crippen molar-refractivity contribution in [3.8, 4) is 0 Å². The van der Waals surface area contributed by atoms with Gasteiger partial charge in [-0.2, -0.15) is 0 Å². The van der Waals surface area contributed by atoms with E-state index in [4.69, 9.17) is 4.74 Å². The Bertz CT molecular complexity index is 220. The van der Waals surface area contributed by atoms with Crippen LogP contribution in [-0.2, 0) is 9.53 Å². The summed E-state index contributed by atoms with van der Waals surface area (Å²) in [6, 6.07) is 0. The Balaban J connectivity index is 2.45. The van der Waals surface area contributed by atoms with Gasteiger partial charge in [-0.25, -0.2) is 0 Å². The fraction of sp³-hybridized carbons (Fsp3) is 0.750. The maximum atomic E-state index is 11.2. The Kier molecular flexibility index (Phi) is 4.71. The molecule has 0 heterocycles. The van der Waals surface area contributed by atoms with Crippen LogP contribution < -0.4 is 0 Å². The molecule has 2 nitrogen and oxygen atoms in total. The number of hydrogen-bond donors (Lipinski definition) is 0. The fourth-order valence-corrected chi connectivity index (χ4v) is 1.96. The molecule has 0 aliphatic heterocycles. The lowest BCUT2D eigenvalue weighted by atomic mass is 9.90. The molecule has 1 fully saturated rings. The topological polar surface area (TPSA) is 26.3 Å². The summed E-state index contributed by atoms with van der Waals surface area (Å²) in [6.07, 6.45) is 6.78. The van der Waals surface area contributed by atoms with E-state index in [-0.39, 0.29) is 5.97 Å². The number of ether oxygens (including phenoxy) is 1. The molecule has 14 heavy (non-hydrogen) atoms. The van der Waals surface area contributed by atoms with Gasteiger partial charge < -0.3 is 4.74 Å². The summed E-state index contributed by atoms with van der Waals surface area (Å²) in [5, 5.41) is 0. The third-order valence-electron chi connectivity index (χ3n) is 2.78. The number of carbonyl (C=O) groups is 1. The summed E-state index contributed by atoms with van der Waals surface area (Å²) < 4.78 is 4.93. The number of allylic oxidation sites excluding steroid dienone is 1. The van der Waals surface area contributed by atoms with Crippen LogP contribution >= 0.6 is 0 Å². The van der Waals surface area contributed by atoms with Crippen LogP contribution in [0, 0.1) is 0 Å². The molecule has 1 saturated carbocycles. The second-order valence-electron chi connectivity index (χ2n) is 3.93. The molecule has 0 saturated heterocycles. The van der Waals surface area contributed by atoms with Crippen LogP contribution in [0.3, 0.4) is 0 Å². The molecule has 0 atom stereocenters. The van der Waals surface area contributed by atoms with Crippen molar-refractivity contribution in [1.29, 1.82) is 0 Å². The maximum Gasteiger partial charge on any atom is 0.309 e. The van der Waals surface area contributed by atoms with Gasteiger partial charge in [0.2, 0.25) is 0 Å². The van der Waals surface area contributed by atoms with E-state index in [9.17, 15) is 4.79 Å². The predicted octanol–water partition coefficient (Wildman–Crippen LogP) is 3.22. The molecule has 0 spiro atoms. The summed E-state index contributed by atoms with van der Waals surface area (Å²) in [5.74, 6) is -0.0805. The molecule has 2 heteroatoms. The van der Waals surface area contributed by atoms with Crippen molar-refractivity contribution in [2.45, 2.75) is 52.4 Å². The highest BCUT2D eigenvalue weighted by Gasteiger charge is 2.11. The normalized spacial score (nSPS) is 16.6. The highest BCUT2D eigenvalue weighted by Crippen LogP contribution is 2.26. The fourth-order valence-electron chi connectivity index (χ4n) is 1.96. The summed E-state index contributed by atoms with van der Waals surface area (Å²) in [7, 11) is 0. The lowest BCUT2D eigenvalue weighted by Crippen LogP contribution is -2.06. The first kappa shape index (κ1) is 11.3. The van der Waals surface area contributed by atoms with Crippen molar-refractivity contribution in [2.24, 2.45) is 0 Å². The molecule has 1 aliphatic rings. The first-order chi connectivity index (χ1) is 6.74. The van der Waals surface area contributed by atoms with E-state index in [0.717, 1.165) is 0 Å². The summed E-state index contributed by atoms with van der Waals surface area (Å²) in [6.45, 7) is 4.40. The first-order valence-corrected chi connectivity index (χ1v) is 5.57. The van der Waals surface area contributed by atoms with Gasteiger partial charge in [-0.1, -0.05) is 17.6 Å². The highest BCUT2D eigenvalue weighted by molar-refractivity contribution is 5.72. The molecule has 0 bridgehead atoms. The Morgan fingerprint density at radius 3 is 2.50 bits per heavy atom. The number of esters is 1. The first-order valence-electron chi connectivity index (χ1n) is 5.57. The van der Waals surface area contributed by atoms with Crippen molar-refractivity contribution in [2.75, 3.05) is 6.61 Å². The molecule has 0 aromatic carbocycles. The second kappa shape index (κ2) is 5.84. The Morgan fingerprint density at radius 1 is 1.29 bits per heavy atom. The van der Waals surface area contributed by atoms with Gasteiger partial charge in [0.05, 0.1) is 13.0 Å². The number of rotatable bonds is 3. The van der Waals surface area contributed by atoms with Crippen molar-refractivity contribution < 1.29 is 9.53 Å². The molecule has 0 aromatic heterocycles. The van der Waals surface area contributed by atoms with Crippen LogP contribution in [0.4, 0.5) is 0 Å². The molecular formula is C12H20O2. The molecule has 0 radical (unpaired) electrons. The number of carbonyl (C=O) groups excluding carboxylic acids is 1. The lowest BCUT2D eigenvalue weighted by molar-refractivity contribution is -0.142. The summed E-state index contributed by atoms with van der Waals surface area (Å²) in [5.41, 5.74) is 2.73. The van der Waals surface area contributed by atoms with Crippen molar-refractivity contribution in [3.05, 3.63) is 11.1 Å². The largest absolute Gasteiger partial charge is 0.466 e. The van der Waals surface area contributed by atoms with Gasteiger partial charge in [0.1, 0.15) is 0 Å². The van der Waals surface area contributed by atoms with Gasteiger partial charge in [0.25, 0.3) is 0 Å². The third-order valence-corrected chi connectivity index (χ3v) is 2.78. The van der Waals surface area contributed by atoms with Crippen LogP contribution in [0.25, 0.3) is 0 Å². The van der Waals surface area contributed by atoms with Crippen molar-refractivity contribution in [3.63, 3.8) is 0 Å². The minimum Gasteiger partial charge on any atom is -0.466 e. The molecule has 0 N–H and O–H groups in total. The minimum absolute atomic E-state index is 0.0805. The van der Waals surface area contributed by atoms with E-state index in [2.05, 4.69) is 6.92 Å². The lowest BCUT2D eigenvalue weighted by Gasteiger charge is -2.16. The quantitative estimate of drug-likeness (QED) is 0.511. The average Bonchev–Trinajstić information content (AvgIpc) is 2.19. The van der Waals surface area contributed by atoms with Gasteiger partial charge >= 0.3 is 5.97 Å². The Labute approximate surface area is 86.3 Å². The summed E-state index contributed by atoms with van der Waals surface area (Å²) in [4.78, 5) is 11.2. The van der Waals surface area contributed by atoms with E-state index >= 15 is 0 Å². The van der Waals surface area contributed by atoms with Crippen LogP contribution in [0.15, 0.2) is 11.1 Å². The van der Waals surface area contributed by atoms with E-state index < -0.39 is 0 Å². The van der Waals surface area contributed by atoms with E-state index in [0.29, 0.717) is 13.0 Å². The molecule has 80 valence electrons. The standard InChI is InChI=1S/C12H20O2/c1-3-14-12(13)9-10(2)11-7-5-4-6-8-11/h3-9H2,1-2H3. The van der Waals surface area contributed by atoms with Gasteiger partial charge in [-0.15, -0.1) is 0 Å². The van der Waals surface area contributed by atoms with Crippen LogP contribution in [0.2, 0.25) is 0 Å². The average molecular weight is 196 g/mol. The maximum absolute atomic E-state index is 11.2. The molecule has 1 aliphatic carbocycles. The monoisotopic (exact) mass is 196 g/mol. The SMILES string of the molecule is CCOC(=O)CC(C)=C1CCCCC1. The molecular weight excluding hydrogens is 176 g/mol. The zero-order valence-electron chi connectivity index (χ0n) is 9.27. The van der Waals surface area contributed by atoms with Crippen molar-refractivity contribution >= 4 is 5.97 Å². The Morgan fingerprint density at radius 2 is 1.93 bits per heavy atom. The molecule has 0 aromatic rings. The zero-order valence-corrected chi connectivity index (χ0v) is 9.27.